The largest absolute Gasteiger partial charge is 0.316 e. The highest BCUT2D eigenvalue weighted by Crippen LogP contribution is 2.37. The highest BCUT2D eigenvalue weighted by molar-refractivity contribution is 7.99. The van der Waals surface area contributed by atoms with Crippen molar-refractivity contribution < 1.29 is 9.18 Å². The third kappa shape index (κ3) is 4.11. The van der Waals surface area contributed by atoms with Crippen molar-refractivity contribution in [2.75, 3.05) is 11.1 Å². The van der Waals surface area contributed by atoms with Gasteiger partial charge in [-0.3, -0.25) is 4.79 Å². The Labute approximate surface area is 182 Å². The molecule has 0 fully saturated rings. The lowest BCUT2D eigenvalue weighted by Gasteiger charge is -2.05. The summed E-state index contributed by atoms with van der Waals surface area (Å²) in [5.74, 6) is -0.0478. The number of aryl methyl sites for hydroxylation is 1. The van der Waals surface area contributed by atoms with E-state index in [1.807, 2.05) is 0 Å². The lowest BCUT2D eigenvalue weighted by atomic mass is 10.1. The molecule has 1 aliphatic rings. The quantitative estimate of drug-likeness (QED) is 0.464. The first-order chi connectivity index (χ1) is 14.6. The first-order valence-corrected chi connectivity index (χ1v) is 11.5. The summed E-state index contributed by atoms with van der Waals surface area (Å²) in [6.45, 7) is 0. The fraction of sp³-hybridized carbons (Fsp3) is 0.333. The molecule has 1 aliphatic carbocycles. The van der Waals surface area contributed by atoms with Crippen LogP contribution in [0.4, 0.5) is 9.39 Å². The van der Waals surface area contributed by atoms with Crippen LogP contribution in [0.2, 0.25) is 0 Å². The Kier molecular flexibility index (Phi) is 6.16. The zero-order valence-electron chi connectivity index (χ0n) is 16.4. The van der Waals surface area contributed by atoms with Gasteiger partial charge in [0.1, 0.15) is 16.9 Å². The normalized spacial score (nSPS) is 13.4. The van der Waals surface area contributed by atoms with Crippen LogP contribution in [0.3, 0.4) is 0 Å². The van der Waals surface area contributed by atoms with E-state index in [0.29, 0.717) is 27.1 Å². The molecular formula is C21H20FN5OS2. The van der Waals surface area contributed by atoms with Crippen LogP contribution < -0.4 is 5.32 Å². The number of halogens is 1. The molecule has 3 aromatic rings. The number of nitrogens with one attached hydrogen (secondary N) is 1. The second-order valence-electron chi connectivity index (χ2n) is 7.06. The molecule has 0 aliphatic heterocycles. The third-order valence-electron chi connectivity index (χ3n) is 5.07. The number of nitrogens with zero attached hydrogens (tertiary/aromatic N) is 4. The molecule has 2 heterocycles. The van der Waals surface area contributed by atoms with Gasteiger partial charge in [-0.15, -0.1) is 21.5 Å². The molecule has 154 valence electrons. The smallest absolute Gasteiger partial charge is 0.235 e. The maximum absolute atomic E-state index is 14.0. The fourth-order valence-corrected chi connectivity index (χ4v) is 5.53. The zero-order chi connectivity index (χ0) is 21.1. The minimum atomic E-state index is -0.371. The molecule has 30 heavy (non-hydrogen) atoms. The number of hydrogen-bond acceptors (Lipinski definition) is 6. The Morgan fingerprint density at radius 1 is 1.30 bits per heavy atom. The number of thiophene rings is 1. The highest BCUT2D eigenvalue weighted by Gasteiger charge is 2.21. The number of carbonyl (C=O) groups is 1. The van der Waals surface area contributed by atoms with Crippen LogP contribution in [0, 0.1) is 17.1 Å². The van der Waals surface area contributed by atoms with Crippen molar-refractivity contribution in [2.45, 2.75) is 37.3 Å². The molecule has 0 radical (unpaired) electrons. The third-order valence-corrected chi connectivity index (χ3v) is 7.30. The summed E-state index contributed by atoms with van der Waals surface area (Å²) in [4.78, 5) is 13.7. The van der Waals surface area contributed by atoms with Crippen LogP contribution in [0.1, 0.15) is 35.3 Å². The van der Waals surface area contributed by atoms with Crippen molar-refractivity contribution in [3.63, 3.8) is 0 Å². The summed E-state index contributed by atoms with van der Waals surface area (Å²) in [5, 5.41) is 21.8. The van der Waals surface area contributed by atoms with Gasteiger partial charge in [0.15, 0.2) is 11.0 Å². The number of benzene rings is 1. The van der Waals surface area contributed by atoms with E-state index in [1.165, 1.54) is 40.5 Å². The molecule has 9 heteroatoms. The number of thioether (sulfide) groups is 1. The SMILES string of the molecule is Cn1c(SCC(=O)Nc2sc3c(c2C#N)CCCCC3)nnc1-c1ccccc1F. The van der Waals surface area contributed by atoms with E-state index in [0.717, 1.165) is 31.2 Å². The Bertz CT molecular complexity index is 1130. The Hall–Kier alpha value is -2.70. The number of aromatic nitrogens is 3. The van der Waals surface area contributed by atoms with E-state index in [4.69, 9.17) is 0 Å². The van der Waals surface area contributed by atoms with Crippen molar-refractivity contribution >= 4 is 34.0 Å². The predicted octanol–water partition coefficient (Wildman–Crippen LogP) is 4.55. The molecule has 0 saturated heterocycles. The van der Waals surface area contributed by atoms with E-state index in [2.05, 4.69) is 21.6 Å². The van der Waals surface area contributed by atoms with Gasteiger partial charge < -0.3 is 9.88 Å². The Morgan fingerprint density at radius 3 is 2.90 bits per heavy atom. The molecule has 1 N–H and O–H groups in total. The molecular weight excluding hydrogens is 421 g/mol. The van der Waals surface area contributed by atoms with Crippen LogP contribution in [0.25, 0.3) is 11.4 Å². The minimum absolute atomic E-state index is 0.122. The monoisotopic (exact) mass is 441 g/mol. The van der Waals surface area contributed by atoms with Crippen molar-refractivity contribution in [1.82, 2.24) is 14.8 Å². The number of hydrogen-bond donors (Lipinski definition) is 1. The highest BCUT2D eigenvalue weighted by atomic mass is 32.2. The van der Waals surface area contributed by atoms with Crippen molar-refractivity contribution in [2.24, 2.45) is 7.05 Å². The van der Waals surface area contributed by atoms with Gasteiger partial charge in [0.2, 0.25) is 5.91 Å². The lowest BCUT2D eigenvalue weighted by molar-refractivity contribution is -0.113. The molecule has 1 aromatic carbocycles. The fourth-order valence-electron chi connectivity index (χ4n) is 3.56. The average molecular weight is 442 g/mol. The van der Waals surface area contributed by atoms with Crippen molar-refractivity contribution in [3.05, 3.63) is 46.1 Å². The van der Waals surface area contributed by atoms with Gasteiger partial charge in [0.25, 0.3) is 0 Å². The second kappa shape index (κ2) is 8.98. The van der Waals surface area contributed by atoms with E-state index in [1.54, 1.807) is 29.8 Å². The average Bonchev–Trinajstić information content (AvgIpc) is 3.16. The Morgan fingerprint density at radius 2 is 2.10 bits per heavy atom. The number of fused-ring (bicyclic) bond motifs is 1. The maximum Gasteiger partial charge on any atom is 0.235 e. The summed E-state index contributed by atoms with van der Waals surface area (Å²) in [6.07, 6.45) is 5.25. The van der Waals surface area contributed by atoms with Gasteiger partial charge in [-0.1, -0.05) is 30.3 Å². The molecule has 0 atom stereocenters. The molecule has 1 amide bonds. The van der Waals surface area contributed by atoms with Gasteiger partial charge in [-0.05, 0) is 43.4 Å². The number of anilines is 1. The van der Waals surface area contributed by atoms with Crippen molar-refractivity contribution in [1.29, 1.82) is 5.26 Å². The van der Waals surface area contributed by atoms with Crippen LogP contribution in [-0.2, 0) is 24.7 Å². The van der Waals surface area contributed by atoms with Gasteiger partial charge in [-0.2, -0.15) is 5.26 Å². The Balaban J connectivity index is 1.44. The molecule has 0 saturated carbocycles. The second-order valence-corrected chi connectivity index (χ2v) is 9.11. The van der Waals surface area contributed by atoms with Crippen LogP contribution in [0.15, 0.2) is 29.4 Å². The van der Waals surface area contributed by atoms with Gasteiger partial charge in [0.05, 0.1) is 16.9 Å². The summed E-state index contributed by atoms with van der Waals surface area (Å²) >= 11 is 2.74. The number of carbonyl (C=O) groups excluding carboxylic acids is 1. The first kappa shape index (κ1) is 20.6. The summed E-state index contributed by atoms with van der Waals surface area (Å²) in [6, 6.07) is 8.65. The molecule has 0 bridgehead atoms. The van der Waals surface area contributed by atoms with Gasteiger partial charge in [-0.25, -0.2) is 4.39 Å². The van der Waals surface area contributed by atoms with Crippen LogP contribution in [-0.4, -0.2) is 26.4 Å². The van der Waals surface area contributed by atoms with Crippen LogP contribution >= 0.6 is 23.1 Å². The van der Waals surface area contributed by atoms with E-state index < -0.39 is 0 Å². The summed E-state index contributed by atoms with van der Waals surface area (Å²) < 4.78 is 15.7. The summed E-state index contributed by atoms with van der Waals surface area (Å²) in [7, 11) is 1.74. The van der Waals surface area contributed by atoms with E-state index in [-0.39, 0.29) is 17.5 Å². The predicted molar refractivity (Wildman–Crippen MR) is 116 cm³/mol. The lowest BCUT2D eigenvalue weighted by Crippen LogP contribution is -2.14. The zero-order valence-corrected chi connectivity index (χ0v) is 18.1. The topological polar surface area (TPSA) is 83.6 Å². The number of amides is 1. The maximum atomic E-state index is 14.0. The number of rotatable bonds is 5. The van der Waals surface area contributed by atoms with Gasteiger partial charge >= 0.3 is 0 Å². The molecule has 6 nitrogen and oxygen atoms in total. The summed E-state index contributed by atoms with van der Waals surface area (Å²) in [5.41, 5.74) is 2.07. The molecule has 0 spiro atoms. The van der Waals surface area contributed by atoms with E-state index >= 15 is 0 Å². The van der Waals surface area contributed by atoms with Crippen LogP contribution in [0.5, 0.6) is 0 Å². The molecule has 4 rings (SSSR count). The molecule has 2 aromatic heterocycles. The van der Waals surface area contributed by atoms with Crippen molar-refractivity contribution in [3.8, 4) is 17.5 Å². The standard InChI is InChI=1S/C21H20FN5OS2/c1-27-19(14-8-5-6-9-16(14)22)25-26-21(27)29-12-18(28)24-20-15(11-23)13-7-3-2-4-10-17(13)30-20/h5-6,8-9H,2-4,7,10,12H2,1H3,(H,24,28). The number of nitriles is 1. The first-order valence-electron chi connectivity index (χ1n) is 9.70. The molecule has 0 unspecified atom stereocenters. The van der Waals surface area contributed by atoms with Gasteiger partial charge in [0, 0.05) is 11.9 Å². The minimum Gasteiger partial charge on any atom is -0.316 e. The van der Waals surface area contributed by atoms with E-state index in [9.17, 15) is 14.4 Å².